The number of aliphatic hydroxyl groups excluding tert-OH is 1. The van der Waals surface area contributed by atoms with Gasteiger partial charge in [-0.25, -0.2) is 13.6 Å². The lowest BCUT2D eigenvalue weighted by atomic mass is 9.32. The molecule has 0 aromatic heterocycles. The summed E-state index contributed by atoms with van der Waals surface area (Å²) in [4.78, 5) is 29.7. The van der Waals surface area contributed by atoms with Gasteiger partial charge in [0.25, 0.3) is 0 Å². The highest BCUT2D eigenvalue weighted by molar-refractivity contribution is 6.10. The fraction of sp³-hybridized carbons (Fsp3) is 0.657. The van der Waals surface area contributed by atoms with Crippen molar-refractivity contribution in [3.63, 3.8) is 0 Å². The van der Waals surface area contributed by atoms with Gasteiger partial charge in [0.2, 0.25) is 0 Å². The minimum atomic E-state index is -1.04. The van der Waals surface area contributed by atoms with Crippen LogP contribution in [0.3, 0.4) is 0 Å². The van der Waals surface area contributed by atoms with Crippen molar-refractivity contribution in [3.8, 4) is 0 Å². The van der Waals surface area contributed by atoms with Crippen molar-refractivity contribution in [2.75, 3.05) is 19.7 Å². The number of ketones is 1. The Bertz CT molecular complexity index is 1470. The summed E-state index contributed by atoms with van der Waals surface area (Å²) in [6.07, 6.45) is 13.3. The van der Waals surface area contributed by atoms with Gasteiger partial charge in [-0.3, -0.25) is 4.79 Å². The van der Waals surface area contributed by atoms with Crippen LogP contribution in [0.4, 0.5) is 13.6 Å². The van der Waals surface area contributed by atoms with Crippen LogP contribution in [-0.2, 0) is 9.47 Å². The average molecular weight is 594 g/mol. The Hall–Kier alpha value is -2.58. The van der Waals surface area contributed by atoms with Crippen LogP contribution in [-0.4, -0.2) is 59.4 Å². The largest absolute Gasteiger partial charge is 0.440 e. The predicted molar refractivity (Wildman–Crippen MR) is 154 cm³/mol. The third kappa shape index (κ3) is 3.45. The second-order valence-electron chi connectivity index (χ2n) is 15.1. The molecule has 1 N–H and O–H groups in total. The molecule has 9 atom stereocenters. The summed E-state index contributed by atoms with van der Waals surface area (Å²) in [6.45, 7) is 6.39. The van der Waals surface area contributed by atoms with E-state index in [4.69, 9.17) is 9.47 Å². The molecule has 1 aromatic carbocycles. The van der Waals surface area contributed by atoms with Crippen LogP contribution >= 0.6 is 0 Å². The minimum Gasteiger partial charge on any atom is -0.440 e. The number of hydrogen-bond donors (Lipinski definition) is 1. The Balaban J connectivity index is 1.23. The molecule has 5 fully saturated rings. The first-order valence-electron chi connectivity index (χ1n) is 16.2. The number of ether oxygens (including phenoxy) is 2. The monoisotopic (exact) mass is 593 g/mol. The summed E-state index contributed by atoms with van der Waals surface area (Å²) in [5, 5.41) is 10.9. The Morgan fingerprint density at radius 1 is 1.02 bits per heavy atom. The third-order valence-electron chi connectivity index (χ3n) is 13.5. The van der Waals surface area contributed by atoms with Gasteiger partial charge in [0.05, 0.1) is 25.3 Å². The zero-order chi connectivity index (χ0) is 30.0. The van der Waals surface area contributed by atoms with E-state index in [1.54, 1.807) is 0 Å². The van der Waals surface area contributed by atoms with Gasteiger partial charge in [-0.1, -0.05) is 32.1 Å². The molecule has 2 bridgehead atoms. The van der Waals surface area contributed by atoms with Crippen LogP contribution < -0.4 is 0 Å². The van der Waals surface area contributed by atoms with Gasteiger partial charge in [-0.2, -0.15) is 0 Å². The number of carbonyl (C=O) groups excluding carboxylic acids is 2. The molecule has 6 aliphatic carbocycles. The SMILES string of the molecule is C[C@]12CC[C@H]3[C@]4(C=C[C@@]5(C=C4C(=O)c4ccc(F)c(F)c4)C[C@@H](O)CC[C@]35C)[C@@H]1CC[C@@]21CN(C[C@H]2CCCO2)C(=O)O1. The summed E-state index contributed by atoms with van der Waals surface area (Å²) in [5.41, 5.74) is -1.53. The van der Waals surface area contributed by atoms with Gasteiger partial charge in [-0.15, -0.1) is 0 Å². The molecule has 8 aliphatic rings. The Labute approximate surface area is 251 Å². The fourth-order valence-corrected chi connectivity index (χ4v) is 11.4. The van der Waals surface area contributed by atoms with Crippen LogP contribution in [0, 0.1) is 45.1 Å². The number of Topliss-reactive ketones (excluding diaryl/α,β-unsaturated/α-hetero) is 1. The number of allylic oxidation sites excluding steroid dienone is 4. The first-order valence-corrected chi connectivity index (χ1v) is 16.2. The Morgan fingerprint density at radius 2 is 1.79 bits per heavy atom. The minimum absolute atomic E-state index is 0.0213. The maximum Gasteiger partial charge on any atom is 0.410 e. The van der Waals surface area contributed by atoms with E-state index in [0.717, 1.165) is 70.1 Å². The van der Waals surface area contributed by atoms with E-state index in [9.17, 15) is 23.5 Å². The number of nitrogens with zero attached hydrogens (tertiary/aromatic N) is 1. The van der Waals surface area contributed by atoms with Gasteiger partial charge in [0.15, 0.2) is 17.4 Å². The molecule has 1 aromatic rings. The van der Waals surface area contributed by atoms with Crippen LogP contribution in [0.15, 0.2) is 42.0 Å². The van der Waals surface area contributed by atoms with Gasteiger partial charge < -0.3 is 19.5 Å². The van der Waals surface area contributed by atoms with Crippen molar-refractivity contribution in [2.24, 2.45) is 33.5 Å². The van der Waals surface area contributed by atoms with E-state index >= 15 is 0 Å². The molecule has 3 spiro atoms. The summed E-state index contributed by atoms with van der Waals surface area (Å²) in [7, 11) is 0. The first kappa shape index (κ1) is 27.9. The van der Waals surface area contributed by atoms with Crippen LogP contribution in [0.25, 0.3) is 0 Å². The van der Waals surface area contributed by atoms with Crippen molar-refractivity contribution < 1.29 is 33.0 Å². The number of aliphatic hydroxyl groups is 1. The zero-order valence-corrected chi connectivity index (χ0v) is 25.0. The summed E-state index contributed by atoms with van der Waals surface area (Å²) in [5.74, 6) is -2.13. The highest BCUT2D eigenvalue weighted by Gasteiger charge is 2.76. The second-order valence-corrected chi connectivity index (χ2v) is 15.1. The molecule has 3 saturated carbocycles. The quantitative estimate of drug-likeness (QED) is 0.324. The Kier molecular flexibility index (Phi) is 5.84. The molecule has 0 radical (unpaired) electrons. The third-order valence-corrected chi connectivity index (χ3v) is 13.5. The molecule has 0 unspecified atom stereocenters. The number of amides is 1. The van der Waals surface area contributed by atoms with E-state index in [-0.39, 0.29) is 46.2 Å². The molecule has 230 valence electrons. The maximum atomic E-state index is 14.5. The predicted octanol–water partition coefficient (Wildman–Crippen LogP) is 6.38. The molecular formula is C35H41F2NO5. The van der Waals surface area contributed by atoms with E-state index < -0.39 is 34.2 Å². The van der Waals surface area contributed by atoms with Gasteiger partial charge in [-0.05, 0) is 93.2 Å². The van der Waals surface area contributed by atoms with E-state index in [2.05, 4.69) is 32.1 Å². The highest BCUT2D eigenvalue weighted by atomic mass is 19.2. The number of fused-ring (bicyclic) bond motifs is 2. The van der Waals surface area contributed by atoms with Crippen LogP contribution in [0.5, 0.6) is 0 Å². The standard InChI is InChI=1S/C35H41F2NO5/c1-31-10-7-22(39)17-33(31)13-14-35(24(18-33)29(40)21-5-6-25(36)26(37)16-21)27(31)8-11-32(2)28(35)9-12-34(32)20-38(30(41)43-34)19-23-4-3-15-42-23/h5-6,13-14,16,18,22-23,27-28,39H,3-4,7-12,15,17,19-20H2,1-2H3/t22-,23+,27+,28+,31+,32-,33-,34+,35+/m0/s1. The molecule has 6 nitrogen and oxygen atoms in total. The number of halogens is 2. The van der Waals surface area contributed by atoms with Crippen molar-refractivity contribution in [1.29, 1.82) is 0 Å². The lowest BCUT2D eigenvalue weighted by Crippen LogP contribution is -2.67. The van der Waals surface area contributed by atoms with Crippen LogP contribution in [0.1, 0.15) is 82.0 Å². The zero-order valence-electron chi connectivity index (χ0n) is 25.0. The molecule has 2 aliphatic heterocycles. The molecule has 9 rings (SSSR count). The lowest BCUT2D eigenvalue weighted by molar-refractivity contribution is -0.164. The molecule has 2 saturated heterocycles. The average Bonchev–Trinajstić information content (AvgIpc) is 3.68. The van der Waals surface area contributed by atoms with Crippen molar-refractivity contribution in [1.82, 2.24) is 4.90 Å². The topological polar surface area (TPSA) is 76.1 Å². The van der Waals surface area contributed by atoms with Crippen molar-refractivity contribution in [2.45, 2.75) is 89.4 Å². The molecular weight excluding hydrogens is 552 g/mol. The number of carbonyl (C=O) groups is 2. The molecule has 8 heteroatoms. The molecule has 1 amide bonds. The van der Waals surface area contributed by atoms with Gasteiger partial charge in [0.1, 0.15) is 5.60 Å². The number of benzene rings is 1. The number of hydrogen-bond acceptors (Lipinski definition) is 5. The highest BCUT2D eigenvalue weighted by Crippen LogP contribution is 2.79. The van der Waals surface area contributed by atoms with E-state index in [1.807, 2.05) is 4.90 Å². The van der Waals surface area contributed by atoms with Gasteiger partial charge >= 0.3 is 6.09 Å². The maximum absolute atomic E-state index is 14.5. The normalized spacial score (nSPS) is 46.0. The lowest BCUT2D eigenvalue weighted by Gasteiger charge is -2.71. The second kappa shape index (κ2) is 9.00. The summed E-state index contributed by atoms with van der Waals surface area (Å²) in [6, 6.07) is 3.42. The Morgan fingerprint density at radius 3 is 2.56 bits per heavy atom. The molecule has 43 heavy (non-hydrogen) atoms. The van der Waals surface area contributed by atoms with Gasteiger partial charge in [0, 0.05) is 34.0 Å². The summed E-state index contributed by atoms with van der Waals surface area (Å²) >= 11 is 0. The first-order chi connectivity index (χ1) is 20.5. The van der Waals surface area contributed by atoms with Crippen molar-refractivity contribution in [3.05, 3.63) is 59.2 Å². The van der Waals surface area contributed by atoms with E-state index in [0.29, 0.717) is 25.1 Å². The fourth-order valence-electron chi connectivity index (χ4n) is 11.4. The van der Waals surface area contributed by atoms with E-state index in [1.165, 1.54) is 6.07 Å². The molecule has 2 heterocycles. The number of rotatable bonds is 4. The summed E-state index contributed by atoms with van der Waals surface area (Å²) < 4.78 is 40.6. The van der Waals surface area contributed by atoms with Crippen molar-refractivity contribution >= 4 is 11.9 Å². The smallest absolute Gasteiger partial charge is 0.410 e. The van der Waals surface area contributed by atoms with Crippen LogP contribution in [0.2, 0.25) is 0 Å².